The average Bonchev–Trinajstić information content (AvgIpc) is 2.02. The van der Waals surface area contributed by atoms with Gasteiger partial charge in [0, 0.05) is 0 Å². The average molecular weight is 214 g/mol. The fraction of sp³-hybridized carbons (Fsp3) is 0.571. The molecule has 0 aliphatic heterocycles. The summed E-state index contributed by atoms with van der Waals surface area (Å²) in [4.78, 5) is 24.8. The van der Waals surface area contributed by atoms with Crippen molar-refractivity contribution in [3.8, 4) is 12.3 Å². The number of hydrogen-bond donors (Lipinski definition) is 2. The van der Waals surface area contributed by atoms with Gasteiger partial charge in [-0.2, -0.15) is 0 Å². The van der Waals surface area contributed by atoms with Crippen molar-refractivity contribution in [2.45, 2.75) is 25.9 Å². The number of carbonyl (C=O) groups excluding carboxylic acids is 1. The normalized spacial score (nSPS) is 13.3. The minimum absolute atomic E-state index is 0.331. The predicted molar refractivity (Wildman–Crippen MR) is 53.2 cm³/mol. The van der Waals surface area contributed by atoms with E-state index in [-0.39, 0.29) is 4.64 Å². The summed E-state index contributed by atoms with van der Waals surface area (Å²) in [5.74, 6) is 2.42. The second-order valence-corrected chi connectivity index (χ2v) is 3.17. The molecule has 0 aromatic carbocycles. The van der Waals surface area contributed by atoms with E-state index in [0.717, 1.165) is 0 Å². The van der Waals surface area contributed by atoms with Crippen molar-refractivity contribution in [3.63, 3.8) is 0 Å². The van der Waals surface area contributed by atoms with E-state index in [0.29, 0.717) is 6.42 Å². The van der Waals surface area contributed by atoms with Crippen LogP contribution >= 0.6 is 8.25 Å². The zero-order valence-electron chi connectivity index (χ0n) is 8.40. The van der Waals surface area contributed by atoms with E-state index in [1.807, 2.05) is 6.92 Å². The zero-order valence-corrected chi connectivity index (χ0v) is 9.40. The van der Waals surface area contributed by atoms with E-state index < -0.39 is 13.9 Å². The molecular weight excluding hydrogens is 202 g/mol. The summed E-state index contributed by atoms with van der Waals surface area (Å²) in [6.07, 6.45) is 5.78. The molecule has 0 aromatic heterocycles. The molecular formula is C7H12LiO5P. The molecule has 0 bridgehead atoms. The molecule has 0 aromatic rings. The van der Waals surface area contributed by atoms with E-state index in [1.54, 1.807) is 6.92 Å². The molecule has 0 aliphatic carbocycles. The van der Waals surface area contributed by atoms with Gasteiger partial charge in [-0.15, -0.1) is 0 Å². The summed E-state index contributed by atoms with van der Waals surface area (Å²) in [6, 6.07) is 0. The number of carbonyl (C=O) groups is 1. The second kappa shape index (κ2) is 8.12. The third-order valence-corrected chi connectivity index (χ3v) is 1.35. The molecule has 2 N–H and O–H groups in total. The van der Waals surface area contributed by atoms with Crippen LogP contribution in [-0.4, -0.2) is 37.7 Å². The summed E-state index contributed by atoms with van der Waals surface area (Å²) >= 11 is 1.35. The molecule has 0 saturated heterocycles. The van der Waals surface area contributed by atoms with Gasteiger partial charge in [0.2, 0.25) is 0 Å². The van der Waals surface area contributed by atoms with Crippen LogP contribution in [0.4, 0.5) is 4.79 Å². The molecule has 1 atom stereocenters. The van der Waals surface area contributed by atoms with Crippen LogP contribution in [0.5, 0.6) is 0 Å². The van der Waals surface area contributed by atoms with Crippen LogP contribution in [0.1, 0.15) is 20.3 Å². The Balaban J connectivity index is 0. The van der Waals surface area contributed by atoms with Gasteiger partial charge in [0.25, 0.3) is 0 Å². The molecule has 1 unspecified atom stereocenters. The summed E-state index contributed by atoms with van der Waals surface area (Å²) < 4.78 is 13.3. The number of ether oxygens (including phenoxy) is 1. The van der Waals surface area contributed by atoms with Crippen molar-refractivity contribution in [3.05, 3.63) is 0 Å². The van der Waals surface area contributed by atoms with Gasteiger partial charge in [-0.3, -0.25) is 4.57 Å². The first kappa shape index (κ1) is 16.2. The number of hydrogen-bond acceptors (Lipinski definition) is 3. The summed E-state index contributed by atoms with van der Waals surface area (Å²) in [7, 11) is -3.13. The Morgan fingerprint density at radius 1 is 1.71 bits per heavy atom. The van der Waals surface area contributed by atoms with Crippen molar-refractivity contribution < 1.29 is 23.9 Å². The van der Waals surface area contributed by atoms with E-state index in [9.17, 15) is 4.79 Å². The standard InChI is InChI=1S/C7H9O2.Li.H3O3P/c1-4-7(3,5-2)9-6-8;;1-4(2)3/h1H,5H2,2-3H3;;4H,(H2,1,2,3). The molecule has 0 saturated carbocycles. The summed E-state index contributed by atoms with van der Waals surface area (Å²) in [5.41, 5.74) is -0.716. The van der Waals surface area contributed by atoms with Gasteiger partial charge >= 0.3 is 78.4 Å². The van der Waals surface area contributed by atoms with E-state index >= 15 is 0 Å². The van der Waals surface area contributed by atoms with Gasteiger partial charge in [-0.1, -0.05) is 0 Å². The number of terminal acetylenes is 1. The van der Waals surface area contributed by atoms with Crippen molar-refractivity contribution in [1.82, 2.24) is 0 Å². The van der Waals surface area contributed by atoms with E-state index in [1.165, 1.54) is 17.7 Å². The summed E-state index contributed by atoms with van der Waals surface area (Å²) in [5, 5.41) is 0. The Bertz CT molecular complexity index is 245. The first-order valence-corrected chi connectivity index (χ1v) is 5.17. The molecule has 0 amide bonds. The minimum atomic E-state index is -3.13. The van der Waals surface area contributed by atoms with Gasteiger partial charge < -0.3 is 9.79 Å². The first-order chi connectivity index (χ1) is 6.27. The van der Waals surface area contributed by atoms with Crippen LogP contribution in [0.15, 0.2) is 0 Å². The van der Waals surface area contributed by atoms with Gasteiger partial charge in [0.1, 0.15) is 0 Å². The van der Waals surface area contributed by atoms with Crippen LogP contribution in [0, 0.1) is 12.3 Å². The Labute approximate surface area is 93.0 Å². The molecule has 0 fully saturated rings. The molecule has 7 heteroatoms. The topological polar surface area (TPSA) is 83.8 Å². The van der Waals surface area contributed by atoms with E-state index in [4.69, 9.17) is 25.5 Å². The van der Waals surface area contributed by atoms with Crippen LogP contribution < -0.4 is 0 Å². The van der Waals surface area contributed by atoms with Crippen molar-refractivity contribution in [2.75, 3.05) is 0 Å². The molecule has 0 rings (SSSR count). The maximum absolute atomic E-state index is 10.5. The Kier molecular flexibility index (Phi) is 9.40. The van der Waals surface area contributed by atoms with Crippen LogP contribution in [0.2, 0.25) is 0 Å². The van der Waals surface area contributed by atoms with Gasteiger partial charge in [0.15, 0.2) is 0 Å². The molecule has 0 aliphatic rings. The molecule has 0 radical (unpaired) electrons. The fourth-order valence-electron chi connectivity index (χ4n) is 0.521. The van der Waals surface area contributed by atoms with Gasteiger partial charge in [-0.05, 0) is 0 Å². The third-order valence-electron chi connectivity index (χ3n) is 1.35. The van der Waals surface area contributed by atoms with Crippen molar-refractivity contribution in [1.29, 1.82) is 0 Å². The molecule has 14 heavy (non-hydrogen) atoms. The first-order valence-electron chi connectivity index (χ1n) is 3.86. The second-order valence-electron chi connectivity index (χ2n) is 2.60. The molecule has 5 nitrogen and oxygen atoms in total. The summed E-state index contributed by atoms with van der Waals surface area (Å²) in [6.45, 7) is 3.59. The quantitative estimate of drug-likeness (QED) is 0.396. The monoisotopic (exact) mass is 214 g/mol. The molecule has 76 valence electrons. The van der Waals surface area contributed by atoms with Crippen LogP contribution in [-0.2, 0) is 9.30 Å². The Morgan fingerprint density at radius 3 is 2.14 bits per heavy atom. The third kappa shape index (κ3) is 11.8. The van der Waals surface area contributed by atoms with Crippen LogP contribution in [0.3, 0.4) is 0 Å². The molecule has 0 heterocycles. The van der Waals surface area contributed by atoms with Gasteiger partial charge in [-0.25, -0.2) is 0 Å². The van der Waals surface area contributed by atoms with Crippen molar-refractivity contribution >= 4 is 30.6 Å². The van der Waals surface area contributed by atoms with Crippen molar-refractivity contribution in [2.24, 2.45) is 0 Å². The SMILES string of the molecule is O=[PH](O)O.[Li][C](=O)OC(C)(C#C)CC. The predicted octanol–water partition coefficient (Wildman–Crippen LogP) is 0.454. The Morgan fingerprint density at radius 2 is 2.07 bits per heavy atom. The molecule has 0 spiro atoms. The van der Waals surface area contributed by atoms with E-state index in [2.05, 4.69) is 5.92 Å². The zero-order chi connectivity index (χ0) is 11.8. The fourth-order valence-corrected chi connectivity index (χ4v) is 0.521. The van der Waals surface area contributed by atoms with Gasteiger partial charge in [0.05, 0.1) is 0 Å². The van der Waals surface area contributed by atoms with Crippen LogP contribution in [0.25, 0.3) is 0 Å². The number of rotatable bonds is 2. The maximum atomic E-state index is 10.5. The Hall–Kier alpha value is -0.223.